The Morgan fingerprint density at radius 1 is 1.25 bits per heavy atom. The maximum atomic E-state index is 11.0. The molecule has 6 nitrogen and oxygen atoms in total. The second-order valence-corrected chi connectivity index (χ2v) is 7.80. The number of para-hydroxylation sites is 2. The number of benzene rings is 1. The molecule has 2 aliphatic rings. The van der Waals surface area contributed by atoms with Crippen molar-refractivity contribution in [3.05, 3.63) is 53.2 Å². The minimum Gasteiger partial charge on any atom is -0.383 e. The molecule has 5 rings (SSSR count). The van der Waals surface area contributed by atoms with Gasteiger partial charge in [0.15, 0.2) is 0 Å². The smallest absolute Gasteiger partial charge is 0.142 e. The number of aromatic nitrogens is 3. The molecular formula is C21H20ClN5O. The van der Waals surface area contributed by atoms with Crippen molar-refractivity contribution in [2.24, 2.45) is 12.0 Å². The van der Waals surface area contributed by atoms with E-state index < -0.39 is 5.60 Å². The van der Waals surface area contributed by atoms with E-state index in [0.29, 0.717) is 24.5 Å². The Hall–Kier alpha value is -2.70. The number of nitrogens with zero attached hydrogens (tertiary/aromatic N) is 5. The van der Waals surface area contributed by atoms with Crippen molar-refractivity contribution in [3.8, 4) is 11.4 Å². The molecule has 1 unspecified atom stereocenters. The average Bonchev–Trinajstić information content (AvgIpc) is 3.43. The van der Waals surface area contributed by atoms with Gasteiger partial charge in [0.05, 0.1) is 29.1 Å². The molecule has 0 aliphatic carbocycles. The van der Waals surface area contributed by atoms with Crippen LogP contribution in [0, 0.1) is 0 Å². The lowest BCUT2D eigenvalue weighted by molar-refractivity contribution is 0.101. The van der Waals surface area contributed by atoms with Gasteiger partial charge in [0.1, 0.15) is 17.2 Å². The third-order valence-corrected chi connectivity index (χ3v) is 5.98. The van der Waals surface area contributed by atoms with Crippen LogP contribution in [0.2, 0.25) is 5.02 Å². The van der Waals surface area contributed by atoms with E-state index in [1.807, 2.05) is 48.0 Å². The Balaban J connectivity index is 1.51. The predicted molar refractivity (Wildman–Crippen MR) is 112 cm³/mol. The van der Waals surface area contributed by atoms with Gasteiger partial charge in [0.2, 0.25) is 0 Å². The number of anilines is 1. The summed E-state index contributed by atoms with van der Waals surface area (Å²) in [4.78, 5) is 15.6. The van der Waals surface area contributed by atoms with Crippen molar-refractivity contribution < 1.29 is 5.11 Å². The van der Waals surface area contributed by atoms with Gasteiger partial charge in [-0.25, -0.2) is 9.97 Å². The topological polar surface area (TPSA) is 66.5 Å². The van der Waals surface area contributed by atoms with Gasteiger partial charge in [-0.05, 0) is 36.3 Å². The second-order valence-electron chi connectivity index (χ2n) is 7.39. The Morgan fingerprint density at radius 2 is 2.11 bits per heavy atom. The third kappa shape index (κ3) is 2.72. The van der Waals surface area contributed by atoms with E-state index >= 15 is 0 Å². The number of fused-ring (bicyclic) bond motifs is 1. The first kappa shape index (κ1) is 17.4. The zero-order valence-corrected chi connectivity index (χ0v) is 16.3. The van der Waals surface area contributed by atoms with Crippen molar-refractivity contribution in [3.63, 3.8) is 0 Å². The fourth-order valence-corrected chi connectivity index (χ4v) is 4.25. The summed E-state index contributed by atoms with van der Waals surface area (Å²) in [6.45, 7) is 1.80. The van der Waals surface area contributed by atoms with E-state index in [9.17, 15) is 5.11 Å². The monoisotopic (exact) mass is 393 g/mol. The molecule has 0 bridgehead atoms. The minimum atomic E-state index is -0.851. The lowest BCUT2D eigenvalue weighted by Gasteiger charge is -2.25. The summed E-state index contributed by atoms with van der Waals surface area (Å²) in [6, 6.07) is 9.98. The summed E-state index contributed by atoms with van der Waals surface area (Å²) >= 11 is 6.49. The number of β-amino-alcohol motifs (C(OH)–C–C–N with tert-alkyl or cyclic N) is 1. The summed E-state index contributed by atoms with van der Waals surface area (Å²) in [5.74, 6) is 1.60. The first-order chi connectivity index (χ1) is 13.5. The highest BCUT2D eigenvalue weighted by atomic mass is 35.5. The first-order valence-corrected chi connectivity index (χ1v) is 9.67. The Bertz CT molecular complexity index is 1140. The molecule has 3 aromatic rings. The molecule has 28 heavy (non-hydrogen) atoms. The number of aryl methyl sites for hydroxylation is 1. The predicted octanol–water partition coefficient (Wildman–Crippen LogP) is 3.24. The van der Waals surface area contributed by atoms with Gasteiger partial charge in [-0.3, -0.25) is 4.99 Å². The van der Waals surface area contributed by atoms with E-state index in [2.05, 4.69) is 14.9 Å². The molecule has 1 fully saturated rings. The molecule has 1 atom stereocenters. The number of aliphatic imine (C=N–C) groups is 1. The van der Waals surface area contributed by atoms with Crippen molar-refractivity contribution in [2.45, 2.75) is 12.0 Å². The van der Waals surface area contributed by atoms with Crippen molar-refractivity contribution in [1.29, 1.82) is 0 Å². The van der Waals surface area contributed by atoms with Gasteiger partial charge < -0.3 is 14.6 Å². The van der Waals surface area contributed by atoms with Crippen molar-refractivity contribution in [2.75, 3.05) is 24.5 Å². The van der Waals surface area contributed by atoms with Crippen LogP contribution in [-0.2, 0) is 7.05 Å². The minimum absolute atomic E-state index is 0.499. The van der Waals surface area contributed by atoms with Gasteiger partial charge >= 0.3 is 0 Å². The van der Waals surface area contributed by atoms with Crippen LogP contribution in [0.3, 0.4) is 0 Å². The Morgan fingerprint density at radius 3 is 2.89 bits per heavy atom. The highest BCUT2D eigenvalue weighted by Crippen LogP contribution is 2.36. The van der Waals surface area contributed by atoms with Crippen LogP contribution in [0.1, 0.15) is 6.42 Å². The largest absolute Gasteiger partial charge is 0.383 e. The number of hydrogen-bond acceptors (Lipinski definition) is 5. The Kier molecular flexibility index (Phi) is 4.00. The van der Waals surface area contributed by atoms with E-state index in [-0.39, 0.29) is 0 Å². The SMILES string of the molecule is Cn1c(-c2cc(N3CCC(O)(C4=CC=NC4)C3)ncc2Cl)nc2ccccc21. The van der Waals surface area contributed by atoms with E-state index in [4.69, 9.17) is 16.6 Å². The normalized spacial score (nSPS) is 21.7. The Labute approximate surface area is 167 Å². The number of aliphatic hydroxyl groups is 1. The van der Waals surface area contributed by atoms with Crippen LogP contribution >= 0.6 is 11.6 Å². The van der Waals surface area contributed by atoms with Gasteiger partial charge in [-0.1, -0.05) is 23.7 Å². The van der Waals surface area contributed by atoms with Gasteiger partial charge in [-0.2, -0.15) is 0 Å². The number of pyridine rings is 1. The molecule has 1 saturated heterocycles. The zero-order chi connectivity index (χ0) is 19.3. The summed E-state index contributed by atoms with van der Waals surface area (Å²) in [7, 11) is 1.99. The lowest BCUT2D eigenvalue weighted by atomic mass is 9.93. The highest BCUT2D eigenvalue weighted by molar-refractivity contribution is 6.33. The zero-order valence-electron chi connectivity index (χ0n) is 15.5. The summed E-state index contributed by atoms with van der Waals surface area (Å²) in [6.07, 6.45) is 6.01. The van der Waals surface area contributed by atoms with E-state index in [1.165, 1.54) is 0 Å². The first-order valence-electron chi connectivity index (χ1n) is 9.29. The molecule has 1 aromatic carbocycles. The maximum absolute atomic E-state index is 11.0. The average molecular weight is 394 g/mol. The molecular weight excluding hydrogens is 374 g/mol. The molecule has 7 heteroatoms. The molecule has 0 amide bonds. The molecule has 1 N–H and O–H groups in total. The standard InChI is InChI=1S/C21H20ClN5O/c1-26-18-5-3-2-4-17(18)25-20(26)15-10-19(24-12-16(15)22)27-9-7-21(28,13-27)14-6-8-23-11-14/h2-6,8,10,12,28H,7,9,11,13H2,1H3. The summed E-state index contributed by atoms with van der Waals surface area (Å²) < 4.78 is 2.04. The number of rotatable bonds is 3. The number of halogens is 1. The molecule has 0 radical (unpaired) electrons. The quantitative estimate of drug-likeness (QED) is 0.741. The van der Waals surface area contributed by atoms with Crippen LogP contribution in [-0.4, -0.2) is 51.1 Å². The lowest BCUT2D eigenvalue weighted by Crippen LogP contribution is -2.36. The van der Waals surface area contributed by atoms with Crippen molar-refractivity contribution in [1.82, 2.24) is 14.5 Å². The second kappa shape index (κ2) is 6.43. The fraction of sp³-hybridized carbons (Fsp3) is 0.286. The number of hydrogen-bond donors (Lipinski definition) is 1. The van der Waals surface area contributed by atoms with Crippen LogP contribution in [0.4, 0.5) is 5.82 Å². The third-order valence-electron chi connectivity index (χ3n) is 5.68. The van der Waals surface area contributed by atoms with Gasteiger partial charge in [-0.15, -0.1) is 0 Å². The maximum Gasteiger partial charge on any atom is 0.142 e. The number of allylic oxidation sites excluding steroid dienone is 1. The number of imidazole rings is 1. The van der Waals surface area contributed by atoms with Crippen LogP contribution < -0.4 is 4.90 Å². The van der Waals surface area contributed by atoms with Crippen molar-refractivity contribution >= 4 is 34.7 Å². The molecule has 2 aromatic heterocycles. The molecule has 4 heterocycles. The molecule has 2 aliphatic heterocycles. The molecule has 0 saturated carbocycles. The van der Waals surface area contributed by atoms with Gasteiger partial charge in [0, 0.05) is 31.6 Å². The van der Waals surface area contributed by atoms with Crippen LogP contribution in [0.5, 0.6) is 0 Å². The summed E-state index contributed by atoms with van der Waals surface area (Å²) in [5, 5.41) is 11.6. The fourth-order valence-electron chi connectivity index (χ4n) is 4.06. The van der Waals surface area contributed by atoms with Crippen LogP contribution in [0.25, 0.3) is 22.4 Å². The highest BCUT2D eigenvalue weighted by Gasteiger charge is 2.40. The summed E-state index contributed by atoms with van der Waals surface area (Å²) in [5.41, 5.74) is 2.94. The molecule has 142 valence electrons. The van der Waals surface area contributed by atoms with E-state index in [0.717, 1.165) is 40.4 Å². The van der Waals surface area contributed by atoms with Gasteiger partial charge in [0.25, 0.3) is 0 Å². The van der Waals surface area contributed by atoms with E-state index in [1.54, 1.807) is 12.4 Å². The molecule has 0 spiro atoms. The van der Waals surface area contributed by atoms with Crippen LogP contribution in [0.15, 0.2) is 53.2 Å².